The fourth-order valence-corrected chi connectivity index (χ4v) is 7.54. The second kappa shape index (κ2) is 16.7. The summed E-state index contributed by atoms with van der Waals surface area (Å²) in [7, 11) is 1.29. The number of fused-ring (bicyclic) bond motifs is 1. The maximum atomic E-state index is 13.6. The predicted molar refractivity (Wildman–Crippen MR) is 207 cm³/mol. The smallest absolute Gasteiger partial charge is 0.407 e. The number of H-pyrrole nitrogens is 2. The van der Waals surface area contributed by atoms with Gasteiger partial charge in [0.2, 0.25) is 11.8 Å². The number of aromatic nitrogens is 4. The Morgan fingerprint density at radius 3 is 1.96 bits per heavy atom. The number of amides is 4. The Morgan fingerprint density at radius 1 is 0.836 bits per heavy atom. The molecule has 2 aliphatic rings. The van der Waals surface area contributed by atoms with Crippen LogP contribution >= 0.6 is 0 Å². The number of benzene rings is 2. The highest BCUT2D eigenvalue weighted by Crippen LogP contribution is 2.35. The van der Waals surface area contributed by atoms with E-state index in [4.69, 9.17) is 14.7 Å². The number of carbonyl (C=O) groups is 4. The molecule has 290 valence electrons. The lowest BCUT2D eigenvalue weighted by molar-refractivity contribution is -0.136. The van der Waals surface area contributed by atoms with Crippen molar-refractivity contribution in [3.8, 4) is 23.1 Å². The Bertz CT molecular complexity index is 2110. The summed E-state index contributed by atoms with van der Waals surface area (Å²) in [4.78, 5) is 70.6. The molecule has 2 aromatic heterocycles. The van der Waals surface area contributed by atoms with Gasteiger partial charge >= 0.3 is 12.2 Å². The second-order valence-electron chi connectivity index (χ2n) is 14.9. The monoisotopic (exact) mass is 750 g/mol. The molecule has 0 bridgehead atoms. The van der Waals surface area contributed by atoms with Gasteiger partial charge in [-0.2, -0.15) is 0 Å². The average molecular weight is 751 g/mol. The van der Waals surface area contributed by atoms with Gasteiger partial charge in [-0.05, 0) is 79.8 Å². The van der Waals surface area contributed by atoms with E-state index in [-0.39, 0.29) is 35.7 Å². The zero-order chi connectivity index (χ0) is 39.4. The number of hydrogen-bond acceptors (Lipinski definition) is 7. The lowest BCUT2D eigenvalue weighted by atomic mass is 10.0. The minimum atomic E-state index is -1.22. The molecule has 14 heteroatoms. The summed E-state index contributed by atoms with van der Waals surface area (Å²) >= 11 is 0. The maximum Gasteiger partial charge on any atom is 0.407 e. The average Bonchev–Trinajstić information content (AvgIpc) is 3.99. The number of hydrogen-bond donors (Lipinski definition) is 5. The van der Waals surface area contributed by atoms with Crippen molar-refractivity contribution in [1.82, 2.24) is 40.4 Å². The number of methoxy groups -OCH3 is 1. The highest BCUT2D eigenvalue weighted by Gasteiger charge is 2.39. The van der Waals surface area contributed by atoms with Crippen molar-refractivity contribution >= 4 is 35.0 Å². The number of nitrogens with one attached hydrogen (secondary N) is 4. The van der Waals surface area contributed by atoms with Crippen LogP contribution in [0.25, 0.3) is 22.3 Å². The van der Waals surface area contributed by atoms with E-state index in [2.05, 4.69) is 39.4 Å². The molecule has 2 saturated heterocycles. The van der Waals surface area contributed by atoms with Gasteiger partial charge in [0, 0.05) is 24.2 Å². The molecule has 4 atom stereocenters. The molecule has 2 aliphatic heterocycles. The predicted octanol–water partition coefficient (Wildman–Crippen LogP) is 5.92. The summed E-state index contributed by atoms with van der Waals surface area (Å²) in [6.07, 6.45) is 2.01. The molecular weight excluding hydrogens is 701 g/mol. The van der Waals surface area contributed by atoms with Crippen LogP contribution in [0.3, 0.4) is 0 Å². The summed E-state index contributed by atoms with van der Waals surface area (Å²) in [5, 5.41) is 14.4. The molecule has 4 aromatic rings. The minimum Gasteiger partial charge on any atom is -0.465 e. The first kappa shape index (κ1) is 38.9. The fraction of sp³-hybridized carbons (Fsp3) is 0.463. The number of ether oxygens (including phenoxy) is 1. The molecule has 55 heavy (non-hydrogen) atoms. The molecule has 0 radical (unpaired) electrons. The van der Waals surface area contributed by atoms with Crippen LogP contribution in [0.4, 0.5) is 9.59 Å². The summed E-state index contributed by atoms with van der Waals surface area (Å²) in [6.45, 7) is 10.6. The molecule has 0 aliphatic carbocycles. The van der Waals surface area contributed by atoms with Crippen molar-refractivity contribution in [2.45, 2.75) is 90.9 Å². The van der Waals surface area contributed by atoms with Crippen molar-refractivity contribution in [3.63, 3.8) is 0 Å². The highest BCUT2D eigenvalue weighted by molar-refractivity contribution is 5.87. The van der Waals surface area contributed by atoms with Crippen molar-refractivity contribution in [1.29, 1.82) is 0 Å². The second-order valence-corrected chi connectivity index (χ2v) is 14.9. The third kappa shape index (κ3) is 8.46. The van der Waals surface area contributed by atoms with Crippen LogP contribution in [-0.4, -0.2) is 91.1 Å². The summed E-state index contributed by atoms with van der Waals surface area (Å²) in [5.41, 5.74) is 5.99. The number of aromatic amines is 2. The molecule has 0 spiro atoms. The van der Waals surface area contributed by atoms with Crippen molar-refractivity contribution in [2.75, 3.05) is 20.2 Å². The number of rotatable bonds is 10. The largest absolute Gasteiger partial charge is 0.465 e. The van der Waals surface area contributed by atoms with Crippen molar-refractivity contribution in [3.05, 3.63) is 70.9 Å². The van der Waals surface area contributed by atoms with Crippen molar-refractivity contribution in [2.24, 2.45) is 11.8 Å². The Kier molecular flexibility index (Phi) is 11.8. The van der Waals surface area contributed by atoms with Gasteiger partial charge in [0.1, 0.15) is 23.7 Å². The molecule has 6 rings (SSSR count). The zero-order valence-electron chi connectivity index (χ0n) is 32.2. The molecule has 4 amide bonds. The van der Waals surface area contributed by atoms with E-state index in [1.165, 1.54) is 7.11 Å². The third-order valence-electron chi connectivity index (χ3n) is 10.5. The maximum absolute atomic E-state index is 13.6. The Balaban J connectivity index is 1.16. The normalized spacial score (nSPS) is 18.0. The van der Waals surface area contributed by atoms with Gasteiger partial charge in [0.25, 0.3) is 0 Å². The van der Waals surface area contributed by atoms with Crippen LogP contribution in [-0.2, 0) is 20.7 Å². The Morgan fingerprint density at radius 2 is 1.40 bits per heavy atom. The molecule has 5 N–H and O–H groups in total. The Hall–Kier alpha value is -5.84. The van der Waals surface area contributed by atoms with E-state index >= 15 is 0 Å². The van der Waals surface area contributed by atoms with Gasteiger partial charge in [0.15, 0.2) is 0 Å². The number of carboxylic acid groups (broad SMARTS) is 1. The van der Waals surface area contributed by atoms with Gasteiger partial charge in [0.05, 0.1) is 41.6 Å². The lowest BCUT2D eigenvalue weighted by Crippen LogP contribution is -2.51. The van der Waals surface area contributed by atoms with E-state index in [0.717, 1.165) is 70.6 Å². The van der Waals surface area contributed by atoms with Crippen LogP contribution in [0.2, 0.25) is 0 Å². The number of likely N-dealkylation sites (tertiary alicyclic amines) is 2. The SMILES string of the molecule is CCc1nc([C@@H]2CCCN2C(=O)[C@@H](NC(=O)OC)C(C)C)[nH]c1-c1ccc(C#Cc2ccc3[nH]c([C@@H]4CCCN4C(=O)[C@@H](NC(=O)O)C(C)C)nc3c2)cc1. The summed E-state index contributed by atoms with van der Waals surface area (Å²) in [6, 6.07) is 11.7. The van der Waals surface area contributed by atoms with Crippen LogP contribution in [0.1, 0.15) is 101 Å². The van der Waals surface area contributed by atoms with Gasteiger partial charge < -0.3 is 40.2 Å². The van der Waals surface area contributed by atoms with Gasteiger partial charge in [-0.1, -0.05) is 58.6 Å². The summed E-state index contributed by atoms with van der Waals surface area (Å²) < 4.78 is 4.77. The number of aryl methyl sites for hydroxylation is 1. The molecule has 2 aromatic carbocycles. The molecular formula is C41H50N8O6. The number of carbonyl (C=O) groups excluding carboxylic acids is 3. The van der Waals surface area contributed by atoms with Gasteiger partial charge in [-0.3, -0.25) is 9.59 Å². The zero-order valence-corrected chi connectivity index (χ0v) is 32.2. The van der Waals surface area contributed by atoms with E-state index in [0.29, 0.717) is 25.3 Å². The first-order valence-electron chi connectivity index (χ1n) is 19.0. The minimum absolute atomic E-state index is 0.115. The quantitative estimate of drug-likeness (QED) is 0.124. The standard InChI is InChI=1S/C41H50N8O6/c1-7-28-35(45-37(42-28)32-11-9-21-49(32)39(51)34(24(4)5)47-41(54)55-6)27-17-14-25(15-18-27)12-13-26-16-19-29-30(22-26)44-36(43-29)31-10-8-20-48(31)38(50)33(23(2)3)46-40(52)53/h14-19,22-24,31-34,46H,7-11,20-21H2,1-6H3,(H,42,45)(H,43,44)(H,47,54)(H,52,53)/t31-,32-,33-,34-/m0/s1. The van der Waals surface area contributed by atoms with Gasteiger partial charge in [-0.25, -0.2) is 19.6 Å². The molecule has 4 heterocycles. The molecule has 14 nitrogen and oxygen atoms in total. The lowest BCUT2D eigenvalue weighted by Gasteiger charge is -2.30. The summed E-state index contributed by atoms with van der Waals surface area (Å²) in [5.74, 6) is 7.23. The number of alkyl carbamates (subject to hydrolysis) is 1. The van der Waals surface area contributed by atoms with Gasteiger partial charge in [-0.15, -0.1) is 0 Å². The highest BCUT2D eigenvalue weighted by atomic mass is 16.5. The van der Waals surface area contributed by atoms with Crippen LogP contribution < -0.4 is 10.6 Å². The molecule has 0 unspecified atom stereocenters. The first-order valence-corrected chi connectivity index (χ1v) is 19.0. The van der Waals surface area contributed by atoms with Crippen LogP contribution in [0.15, 0.2) is 42.5 Å². The van der Waals surface area contributed by atoms with E-state index in [9.17, 15) is 24.3 Å². The molecule has 0 saturated carbocycles. The van der Waals surface area contributed by atoms with E-state index in [1.54, 1.807) is 4.90 Å². The first-order chi connectivity index (χ1) is 26.4. The van der Waals surface area contributed by atoms with Crippen LogP contribution in [0.5, 0.6) is 0 Å². The van der Waals surface area contributed by atoms with E-state index in [1.807, 2.05) is 75.1 Å². The molecule has 2 fully saturated rings. The Labute approximate surface area is 320 Å². The fourth-order valence-electron chi connectivity index (χ4n) is 7.54. The van der Waals surface area contributed by atoms with E-state index < -0.39 is 24.3 Å². The van der Waals surface area contributed by atoms with Crippen molar-refractivity contribution < 1.29 is 29.0 Å². The number of imidazole rings is 2. The van der Waals surface area contributed by atoms with Crippen LogP contribution in [0, 0.1) is 23.7 Å². The third-order valence-corrected chi connectivity index (χ3v) is 10.5. The number of nitrogens with zero attached hydrogens (tertiary/aromatic N) is 4. The topological polar surface area (TPSA) is 186 Å².